The van der Waals surface area contributed by atoms with E-state index in [1.54, 1.807) is 0 Å². The van der Waals surface area contributed by atoms with Crippen molar-refractivity contribution in [2.75, 3.05) is 0 Å². The van der Waals surface area contributed by atoms with E-state index in [0.717, 1.165) is 32.1 Å². The van der Waals surface area contributed by atoms with Gasteiger partial charge in [0.25, 0.3) is 0 Å². The summed E-state index contributed by atoms with van der Waals surface area (Å²) in [5.41, 5.74) is 1.12. The number of carbonyl (C=O) groups excluding carboxylic acids is 2. The number of fused-ring (bicyclic) bond motifs is 5. The van der Waals surface area contributed by atoms with E-state index in [9.17, 15) is 14.7 Å². The highest BCUT2D eigenvalue weighted by molar-refractivity contribution is 5.91. The molecular formula is C22H32O4. The highest BCUT2D eigenvalue weighted by Crippen LogP contribution is 2.68. The fraction of sp³-hybridized carbons (Fsp3) is 0.818. The average molecular weight is 360 g/mol. The molecule has 0 radical (unpaired) electrons. The van der Waals surface area contributed by atoms with Gasteiger partial charge in [-0.15, -0.1) is 0 Å². The Balaban J connectivity index is 1.70. The number of hydrogen-bond acceptors (Lipinski definition) is 4. The Morgan fingerprint density at radius 3 is 2.58 bits per heavy atom. The van der Waals surface area contributed by atoms with Gasteiger partial charge in [-0.05, 0) is 67.3 Å². The van der Waals surface area contributed by atoms with E-state index in [-0.39, 0.29) is 16.6 Å². The lowest BCUT2D eigenvalue weighted by Crippen LogP contribution is -2.57. The first-order valence-electron chi connectivity index (χ1n) is 10.3. The van der Waals surface area contributed by atoms with Crippen LogP contribution in [0.4, 0.5) is 0 Å². The van der Waals surface area contributed by atoms with Crippen molar-refractivity contribution in [1.82, 2.24) is 0 Å². The van der Waals surface area contributed by atoms with Crippen molar-refractivity contribution < 1.29 is 19.4 Å². The molecule has 0 amide bonds. The Morgan fingerprint density at radius 2 is 1.88 bits per heavy atom. The van der Waals surface area contributed by atoms with Crippen LogP contribution in [0, 0.1) is 34.5 Å². The van der Waals surface area contributed by atoms with Gasteiger partial charge in [0.1, 0.15) is 0 Å². The van der Waals surface area contributed by atoms with Gasteiger partial charge >= 0.3 is 5.97 Å². The molecule has 0 heterocycles. The zero-order valence-corrected chi connectivity index (χ0v) is 16.5. The molecule has 3 fully saturated rings. The minimum absolute atomic E-state index is 0.120. The molecule has 7 atom stereocenters. The zero-order valence-electron chi connectivity index (χ0n) is 16.5. The maximum atomic E-state index is 12.0. The molecule has 0 spiro atoms. The van der Waals surface area contributed by atoms with Gasteiger partial charge in [0.05, 0.1) is 0 Å². The summed E-state index contributed by atoms with van der Waals surface area (Å²) in [7, 11) is 0. The standard InChI is InChI=1S/C22H32O4/c1-13-11-15-12-16(24)5-8-20(15,3)17-6-9-21(4)18(19(13)17)7-10-22(21,25)26-14(2)23/h12-13,17-19,25H,5-11H2,1-4H3/t13?,17-,18-,19+,20-,21-,22+/m0/s1. The van der Waals surface area contributed by atoms with E-state index in [1.807, 2.05) is 6.08 Å². The average Bonchev–Trinajstić information content (AvgIpc) is 2.80. The molecule has 4 nitrogen and oxygen atoms in total. The third kappa shape index (κ3) is 2.30. The Bertz CT molecular complexity index is 682. The van der Waals surface area contributed by atoms with E-state index in [2.05, 4.69) is 20.8 Å². The summed E-state index contributed by atoms with van der Waals surface area (Å²) < 4.78 is 5.49. The molecule has 0 aliphatic heterocycles. The molecule has 144 valence electrons. The zero-order chi connectivity index (χ0) is 18.9. The van der Waals surface area contributed by atoms with Crippen molar-refractivity contribution in [3.63, 3.8) is 0 Å². The Morgan fingerprint density at radius 1 is 1.19 bits per heavy atom. The summed E-state index contributed by atoms with van der Waals surface area (Å²) in [6.45, 7) is 8.20. The Labute approximate surface area is 156 Å². The van der Waals surface area contributed by atoms with Gasteiger partial charge in [-0.1, -0.05) is 26.3 Å². The Hall–Kier alpha value is -1.16. The van der Waals surface area contributed by atoms with Crippen molar-refractivity contribution in [3.8, 4) is 0 Å². The molecule has 0 saturated heterocycles. The van der Waals surface area contributed by atoms with Gasteiger partial charge in [0.2, 0.25) is 5.79 Å². The van der Waals surface area contributed by atoms with Crippen LogP contribution in [-0.4, -0.2) is 22.6 Å². The number of rotatable bonds is 1. The second-order valence-electron chi connectivity index (χ2n) is 9.90. The van der Waals surface area contributed by atoms with Crippen LogP contribution in [0.2, 0.25) is 0 Å². The van der Waals surface area contributed by atoms with Gasteiger partial charge in [0.15, 0.2) is 5.78 Å². The van der Waals surface area contributed by atoms with Crippen LogP contribution in [0.15, 0.2) is 11.6 Å². The number of esters is 1. The molecule has 0 aromatic heterocycles. The lowest BCUT2D eigenvalue weighted by Gasteiger charge is -2.60. The second kappa shape index (κ2) is 5.67. The minimum Gasteiger partial charge on any atom is -0.433 e. The first-order chi connectivity index (χ1) is 12.1. The summed E-state index contributed by atoms with van der Waals surface area (Å²) in [4.78, 5) is 23.6. The van der Waals surface area contributed by atoms with Crippen LogP contribution in [0.25, 0.3) is 0 Å². The van der Waals surface area contributed by atoms with Crippen molar-refractivity contribution in [2.45, 2.75) is 78.4 Å². The highest BCUT2D eigenvalue weighted by atomic mass is 16.7. The maximum Gasteiger partial charge on any atom is 0.305 e. The number of carbonyl (C=O) groups is 2. The van der Waals surface area contributed by atoms with E-state index in [1.165, 1.54) is 12.5 Å². The van der Waals surface area contributed by atoms with Crippen LogP contribution >= 0.6 is 0 Å². The Kier molecular flexibility index (Phi) is 3.97. The summed E-state index contributed by atoms with van der Waals surface area (Å²) in [5.74, 6) is 0.515. The van der Waals surface area contributed by atoms with Crippen LogP contribution < -0.4 is 0 Å². The predicted octanol–water partition coefficient (Wildman–Crippen LogP) is 4.02. The topological polar surface area (TPSA) is 63.6 Å². The SMILES string of the molecule is CC(=O)O[C@]1(O)CC[C@H]2[C@@H]3C(C)CC4=CC(=O)CC[C@]4(C)[C@H]3CC[C@@]21C. The van der Waals surface area contributed by atoms with Crippen molar-refractivity contribution in [2.24, 2.45) is 34.5 Å². The van der Waals surface area contributed by atoms with Crippen LogP contribution in [0.3, 0.4) is 0 Å². The van der Waals surface area contributed by atoms with Crippen LogP contribution in [0.5, 0.6) is 0 Å². The van der Waals surface area contributed by atoms with Gasteiger partial charge in [-0.2, -0.15) is 0 Å². The molecule has 4 heteroatoms. The monoisotopic (exact) mass is 360 g/mol. The molecule has 0 aromatic rings. The first-order valence-corrected chi connectivity index (χ1v) is 10.3. The number of allylic oxidation sites excluding steroid dienone is 1. The number of aliphatic hydroxyl groups is 1. The van der Waals surface area contributed by atoms with Crippen molar-refractivity contribution in [3.05, 3.63) is 11.6 Å². The van der Waals surface area contributed by atoms with E-state index in [4.69, 9.17) is 4.74 Å². The van der Waals surface area contributed by atoms with Gasteiger partial charge in [-0.25, -0.2) is 0 Å². The van der Waals surface area contributed by atoms with Gasteiger partial charge in [-0.3, -0.25) is 9.59 Å². The molecule has 1 N–H and O–H groups in total. The normalized spacial score (nSPS) is 50.3. The number of ether oxygens (including phenoxy) is 1. The largest absolute Gasteiger partial charge is 0.433 e. The number of ketones is 1. The van der Waals surface area contributed by atoms with Crippen molar-refractivity contribution >= 4 is 11.8 Å². The summed E-state index contributed by atoms with van der Waals surface area (Å²) in [6.07, 6.45) is 7.93. The quantitative estimate of drug-likeness (QED) is 0.567. The molecular weight excluding hydrogens is 328 g/mol. The van der Waals surface area contributed by atoms with Crippen LogP contribution in [0.1, 0.15) is 72.6 Å². The van der Waals surface area contributed by atoms with Gasteiger partial charge < -0.3 is 9.84 Å². The summed E-state index contributed by atoms with van der Waals surface area (Å²) in [6, 6.07) is 0. The summed E-state index contributed by atoms with van der Waals surface area (Å²) >= 11 is 0. The third-order valence-corrected chi connectivity index (χ3v) is 8.70. The molecule has 4 rings (SSSR count). The van der Waals surface area contributed by atoms with E-state index < -0.39 is 11.8 Å². The van der Waals surface area contributed by atoms with Gasteiger partial charge in [0, 0.05) is 25.2 Å². The molecule has 0 aromatic carbocycles. The third-order valence-electron chi connectivity index (χ3n) is 8.70. The molecule has 26 heavy (non-hydrogen) atoms. The minimum atomic E-state index is -1.33. The lowest BCUT2D eigenvalue weighted by atomic mass is 9.45. The first kappa shape index (κ1) is 18.2. The highest BCUT2D eigenvalue weighted by Gasteiger charge is 2.66. The molecule has 0 bridgehead atoms. The molecule has 4 aliphatic carbocycles. The van der Waals surface area contributed by atoms with E-state index >= 15 is 0 Å². The van der Waals surface area contributed by atoms with Crippen LogP contribution in [-0.2, 0) is 14.3 Å². The second-order valence-corrected chi connectivity index (χ2v) is 9.90. The number of hydrogen-bond donors (Lipinski definition) is 1. The molecule has 3 saturated carbocycles. The molecule has 4 aliphatic rings. The fourth-order valence-corrected chi connectivity index (χ4v) is 7.29. The summed E-state index contributed by atoms with van der Waals surface area (Å²) in [5, 5.41) is 11.2. The predicted molar refractivity (Wildman–Crippen MR) is 98.0 cm³/mol. The smallest absolute Gasteiger partial charge is 0.305 e. The maximum absolute atomic E-state index is 12.0. The van der Waals surface area contributed by atoms with E-state index in [0.29, 0.717) is 36.5 Å². The molecule has 1 unspecified atom stereocenters. The fourth-order valence-electron chi connectivity index (χ4n) is 7.29. The lowest BCUT2D eigenvalue weighted by molar-refractivity contribution is -0.264. The van der Waals surface area contributed by atoms with Crippen molar-refractivity contribution in [1.29, 1.82) is 0 Å².